The molecular formula is C16H27NO2. The van der Waals surface area contributed by atoms with Crippen LogP contribution in [-0.4, -0.2) is 18.8 Å². The van der Waals surface area contributed by atoms with Crippen molar-refractivity contribution in [3.63, 3.8) is 0 Å². The van der Waals surface area contributed by atoms with Gasteiger partial charge in [0.1, 0.15) is 11.5 Å². The van der Waals surface area contributed by atoms with Gasteiger partial charge in [-0.15, -0.1) is 0 Å². The Morgan fingerprint density at radius 1 is 1.21 bits per heavy atom. The minimum absolute atomic E-state index is 0.151. The summed E-state index contributed by atoms with van der Waals surface area (Å²) in [6, 6.07) is 6.23. The lowest BCUT2D eigenvalue weighted by molar-refractivity contribution is 0.237. The zero-order chi connectivity index (χ0) is 14.3. The van der Waals surface area contributed by atoms with E-state index in [1.807, 2.05) is 26.0 Å². The van der Waals surface area contributed by atoms with Crippen molar-refractivity contribution in [2.24, 2.45) is 5.73 Å². The lowest BCUT2D eigenvalue weighted by Crippen LogP contribution is -2.22. The number of hydrogen-bond donors (Lipinski definition) is 1. The van der Waals surface area contributed by atoms with Crippen molar-refractivity contribution in [1.82, 2.24) is 0 Å². The summed E-state index contributed by atoms with van der Waals surface area (Å²) in [5, 5.41) is 0. The standard InChI is InChI=1S/C16H27NO2/c1-5-9-18-15-8-7-13(10-14(17)6-2)16(11-15)19-12(3)4/h7-8,11-12,14H,5-6,9-10,17H2,1-4H3. The highest BCUT2D eigenvalue weighted by Gasteiger charge is 2.11. The molecule has 19 heavy (non-hydrogen) atoms. The van der Waals surface area contributed by atoms with Crippen molar-refractivity contribution in [1.29, 1.82) is 0 Å². The summed E-state index contributed by atoms with van der Waals surface area (Å²) in [6.45, 7) is 8.99. The smallest absolute Gasteiger partial charge is 0.126 e. The van der Waals surface area contributed by atoms with Crippen LogP contribution >= 0.6 is 0 Å². The minimum atomic E-state index is 0.151. The molecule has 0 spiro atoms. The molecular weight excluding hydrogens is 238 g/mol. The molecule has 0 aliphatic heterocycles. The Morgan fingerprint density at radius 3 is 2.53 bits per heavy atom. The monoisotopic (exact) mass is 265 g/mol. The van der Waals surface area contributed by atoms with Crippen LogP contribution in [0.4, 0.5) is 0 Å². The summed E-state index contributed by atoms with van der Waals surface area (Å²) in [5.41, 5.74) is 7.20. The van der Waals surface area contributed by atoms with Gasteiger partial charge in [-0.1, -0.05) is 19.9 Å². The second-order valence-corrected chi connectivity index (χ2v) is 5.16. The molecule has 0 aliphatic carbocycles. The van der Waals surface area contributed by atoms with E-state index in [4.69, 9.17) is 15.2 Å². The van der Waals surface area contributed by atoms with Crippen LogP contribution in [0.25, 0.3) is 0 Å². The molecule has 1 aromatic carbocycles. The number of ether oxygens (including phenoxy) is 2. The Kier molecular flexibility index (Phi) is 6.71. The number of hydrogen-bond acceptors (Lipinski definition) is 3. The van der Waals surface area contributed by atoms with Crippen molar-refractivity contribution < 1.29 is 9.47 Å². The molecule has 0 aliphatic rings. The summed E-state index contributed by atoms with van der Waals surface area (Å²) in [5.74, 6) is 1.76. The first-order valence-electron chi connectivity index (χ1n) is 7.24. The molecule has 0 fully saturated rings. The Morgan fingerprint density at radius 2 is 1.95 bits per heavy atom. The SMILES string of the molecule is CCCOc1ccc(CC(N)CC)c(OC(C)C)c1. The third-order valence-electron chi connectivity index (χ3n) is 2.88. The van der Waals surface area contributed by atoms with E-state index in [0.29, 0.717) is 0 Å². The van der Waals surface area contributed by atoms with Gasteiger partial charge in [-0.25, -0.2) is 0 Å². The van der Waals surface area contributed by atoms with E-state index in [0.717, 1.165) is 42.9 Å². The average molecular weight is 265 g/mol. The van der Waals surface area contributed by atoms with Gasteiger partial charge < -0.3 is 15.2 Å². The van der Waals surface area contributed by atoms with Gasteiger partial charge in [0, 0.05) is 12.1 Å². The van der Waals surface area contributed by atoms with Gasteiger partial charge in [0.25, 0.3) is 0 Å². The van der Waals surface area contributed by atoms with Gasteiger partial charge in [-0.2, -0.15) is 0 Å². The van der Waals surface area contributed by atoms with Crippen molar-refractivity contribution in [2.45, 2.75) is 59.1 Å². The summed E-state index contributed by atoms with van der Waals surface area (Å²) < 4.78 is 11.5. The van der Waals surface area contributed by atoms with Crippen LogP contribution in [0.1, 0.15) is 46.1 Å². The first-order valence-corrected chi connectivity index (χ1v) is 7.24. The fourth-order valence-corrected chi connectivity index (χ4v) is 1.80. The highest BCUT2D eigenvalue weighted by molar-refractivity contribution is 5.41. The van der Waals surface area contributed by atoms with E-state index in [9.17, 15) is 0 Å². The molecule has 0 radical (unpaired) electrons. The van der Waals surface area contributed by atoms with E-state index in [-0.39, 0.29) is 12.1 Å². The first kappa shape index (κ1) is 15.8. The lowest BCUT2D eigenvalue weighted by atomic mass is 10.0. The zero-order valence-corrected chi connectivity index (χ0v) is 12.6. The maximum atomic E-state index is 6.04. The molecule has 108 valence electrons. The number of rotatable bonds is 8. The normalized spacial score (nSPS) is 12.5. The molecule has 3 nitrogen and oxygen atoms in total. The second kappa shape index (κ2) is 8.05. The molecule has 0 aromatic heterocycles. The predicted molar refractivity (Wildman–Crippen MR) is 80.0 cm³/mol. The molecule has 1 unspecified atom stereocenters. The van der Waals surface area contributed by atoms with E-state index in [1.54, 1.807) is 0 Å². The van der Waals surface area contributed by atoms with Gasteiger partial charge in [-0.05, 0) is 44.7 Å². The van der Waals surface area contributed by atoms with Crippen LogP contribution in [0.2, 0.25) is 0 Å². The van der Waals surface area contributed by atoms with E-state index in [2.05, 4.69) is 19.9 Å². The van der Waals surface area contributed by atoms with Gasteiger partial charge in [-0.3, -0.25) is 0 Å². The molecule has 0 saturated heterocycles. The summed E-state index contributed by atoms with van der Waals surface area (Å²) in [7, 11) is 0. The van der Waals surface area contributed by atoms with Crippen LogP contribution in [0.5, 0.6) is 11.5 Å². The Labute approximate surface area is 117 Å². The molecule has 0 bridgehead atoms. The first-order chi connectivity index (χ1) is 9.06. The van der Waals surface area contributed by atoms with E-state index < -0.39 is 0 Å². The summed E-state index contributed by atoms with van der Waals surface area (Å²) >= 11 is 0. The van der Waals surface area contributed by atoms with E-state index in [1.165, 1.54) is 0 Å². The second-order valence-electron chi connectivity index (χ2n) is 5.16. The van der Waals surface area contributed by atoms with Gasteiger partial charge in [0.05, 0.1) is 12.7 Å². The number of benzene rings is 1. The van der Waals surface area contributed by atoms with Gasteiger partial charge in [0.15, 0.2) is 0 Å². The van der Waals surface area contributed by atoms with Crippen molar-refractivity contribution in [3.05, 3.63) is 23.8 Å². The predicted octanol–water partition coefficient (Wildman–Crippen LogP) is 3.54. The van der Waals surface area contributed by atoms with Crippen LogP contribution in [0.15, 0.2) is 18.2 Å². The largest absolute Gasteiger partial charge is 0.493 e. The molecule has 3 heteroatoms. The molecule has 0 amide bonds. The van der Waals surface area contributed by atoms with Crippen LogP contribution < -0.4 is 15.2 Å². The highest BCUT2D eigenvalue weighted by atomic mass is 16.5. The zero-order valence-electron chi connectivity index (χ0n) is 12.6. The summed E-state index contributed by atoms with van der Waals surface area (Å²) in [6.07, 6.45) is 2.96. The molecule has 1 aromatic rings. The van der Waals surface area contributed by atoms with Crippen molar-refractivity contribution in [3.8, 4) is 11.5 Å². The molecule has 0 heterocycles. The Hall–Kier alpha value is -1.22. The highest BCUT2D eigenvalue weighted by Crippen LogP contribution is 2.27. The van der Waals surface area contributed by atoms with Crippen LogP contribution in [0.3, 0.4) is 0 Å². The Balaban J connectivity index is 2.88. The molecule has 1 rings (SSSR count). The fraction of sp³-hybridized carbons (Fsp3) is 0.625. The Bertz CT molecular complexity index is 377. The summed E-state index contributed by atoms with van der Waals surface area (Å²) in [4.78, 5) is 0. The third-order valence-corrected chi connectivity index (χ3v) is 2.88. The maximum Gasteiger partial charge on any atom is 0.126 e. The quantitative estimate of drug-likeness (QED) is 0.782. The average Bonchev–Trinajstić information content (AvgIpc) is 2.38. The van der Waals surface area contributed by atoms with Crippen LogP contribution in [-0.2, 0) is 6.42 Å². The maximum absolute atomic E-state index is 6.04. The van der Waals surface area contributed by atoms with Crippen molar-refractivity contribution in [2.75, 3.05) is 6.61 Å². The lowest BCUT2D eigenvalue weighted by Gasteiger charge is -2.18. The minimum Gasteiger partial charge on any atom is -0.493 e. The molecule has 2 N–H and O–H groups in total. The van der Waals surface area contributed by atoms with Gasteiger partial charge in [0.2, 0.25) is 0 Å². The molecule has 1 atom stereocenters. The van der Waals surface area contributed by atoms with Crippen molar-refractivity contribution >= 4 is 0 Å². The topological polar surface area (TPSA) is 44.5 Å². The molecule has 0 saturated carbocycles. The van der Waals surface area contributed by atoms with Gasteiger partial charge >= 0.3 is 0 Å². The third kappa shape index (κ3) is 5.52. The number of nitrogens with two attached hydrogens (primary N) is 1. The van der Waals surface area contributed by atoms with Crippen LogP contribution in [0, 0.1) is 0 Å². The van der Waals surface area contributed by atoms with E-state index >= 15 is 0 Å². The fourth-order valence-electron chi connectivity index (χ4n) is 1.80.